The summed E-state index contributed by atoms with van der Waals surface area (Å²) < 4.78 is 12.3. The fraction of sp³-hybridized carbons (Fsp3) is 0.824. The van der Waals surface area contributed by atoms with Gasteiger partial charge in [-0.15, -0.1) is 5.73 Å². The van der Waals surface area contributed by atoms with Gasteiger partial charge in [0, 0.05) is 7.11 Å². The smallest absolute Gasteiger partial charge is 0.108 e. The molecule has 0 bridgehead atoms. The average Bonchev–Trinajstić information content (AvgIpc) is 2.64. The van der Waals surface area contributed by atoms with Crippen LogP contribution in [0.5, 0.6) is 0 Å². The van der Waals surface area contributed by atoms with Gasteiger partial charge in [-0.1, -0.05) is 34.3 Å². The summed E-state index contributed by atoms with van der Waals surface area (Å²) in [6, 6.07) is 0. The van der Waals surface area contributed by atoms with Crippen LogP contribution in [0, 0.1) is 11.8 Å². The summed E-state index contributed by atoms with van der Waals surface area (Å²) in [5, 5.41) is 0. The third-order valence-electron chi connectivity index (χ3n) is 4.24. The maximum Gasteiger partial charge on any atom is 0.108 e. The van der Waals surface area contributed by atoms with Gasteiger partial charge in [-0.3, -0.25) is 4.90 Å². The van der Waals surface area contributed by atoms with Crippen molar-refractivity contribution >= 4 is 0 Å². The summed E-state index contributed by atoms with van der Waals surface area (Å²) in [5.41, 5.74) is 2.68. The van der Waals surface area contributed by atoms with Crippen molar-refractivity contribution in [2.45, 2.75) is 58.0 Å². The van der Waals surface area contributed by atoms with Gasteiger partial charge < -0.3 is 9.47 Å². The average molecular weight is 281 g/mol. The molecule has 3 nitrogen and oxygen atoms in total. The highest BCUT2D eigenvalue weighted by atomic mass is 16.6. The van der Waals surface area contributed by atoms with Gasteiger partial charge in [0.15, 0.2) is 0 Å². The molecule has 1 rings (SSSR count). The van der Waals surface area contributed by atoms with Crippen LogP contribution >= 0.6 is 0 Å². The summed E-state index contributed by atoms with van der Waals surface area (Å²) in [5.74, 6) is 0.980. The number of methoxy groups -OCH3 is 1. The maximum atomic E-state index is 6.40. The first-order valence-corrected chi connectivity index (χ1v) is 7.53. The van der Waals surface area contributed by atoms with Gasteiger partial charge in [0.25, 0.3) is 0 Å². The Morgan fingerprint density at radius 3 is 2.30 bits per heavy atom. The van der Waals surface area contributed by atoms with Crippen molar-refractivity contribution in [1.29, 1.82) is 0 Å². The van der Waals surface area contributed by atoms with E-state index in [0.717, 1.165) is 6.42 Å². The first-order chi connectivity index (χ1) is 9.31. The molecule has 0 radical (unpaired) electrons. The number of rotatable bonds is 6. The minimum Gasteiger partial charge on any atom is -0.376 e. The van der Waals surface area contributed by atoms with Crippen molar-refractivity contribution < 1.29 is 9.47 Å². The Hall–Kier alpha value is -0.600. The van der Waals surface area contributed by atoms with Crippen molar-refractivity contribution in [2.24, 2.45) is 11.8 Å². The highest BCUT2D eigenvalue weighted by Crippen LogP contribution is 2.42. The molecule has 0 aromatic rings. The van der Waals surface area contributed by atoms with Gasteiger partial charge >= 0.3 is 0 Å². The summed E-state index contributed by atoms with van der Waals surface area (Å²) in [6.45, 7) is 12.6. The van der Waals surface area contributed by atoms with Crippen molar-refractivity contribution in [3.05, 3.63) is 18.4 Å². The van der Waals surface area contributed by atoms with Crippen LogP contribution in [0.4, 0.5) is 0 Å². The molecular formula is C17H31NO2. The van der Waals surface area contributed by atoms with E-state index in [9.17, 15) is 0 Å². The van der Waals surface area contributed by atoms with Gasteiger partial charge in [0.1, 0.15) is 11.6 Å². The van der Waals surface area contributed by atoms with Crippen LogP contribution in [0.3, 0.4) is 0 Å². The highest BCUT2D eigenvalue weighted by molar-refractivity contribution is 5.20. The van der Waals surface area contributed by atoms with E-state index in [1.165, 1.54) is 0 Å². The van der Waals surface area contributed by atoms with Crippen LogP contribution in [0.1, 0.15) is 34.1 Å². The molecule has 1 aliphatic heterocycles. The van der Waals surface area contributed by atoms with Crippen LogP contribution in [0.15, 0.2) is 18.4 Å². The van der Waals surface area contributed by atoms with Crippen LogP contribution in [-0.4, -0.2) is 50.0 Å². The van der Waals surface area contributed by atoms with Gasteiger partial charge in [-0.25, -0.2) is 0 Å². The molecule has 1 saturated heterocycles. The molecule has 1 heterocycles. The predicted octanol–water partition coefficient (Wildman–Crippen LogP) is 3.11. The van der Waals surface area contributed by atoms with Crippen LogP contribution in [0.2, 0.25) is 0 Å². The summed E-state index contributed by atoms with van der Waals surface area (Å²) in [6.07, 6.45) is 3.23. The topological polar surface area (TPSA) is 21.7 Å². The van der Waals surface area contributed by atoms with E-state index >= 15 is 0 Å². The Balaban J connectivity index is 3.28. The quantitative estimate of drug-likeness (QED) is 0.698. The fourth-order valence-corrected chi connectivity index (χ4v) is 3.47. The van der Waals surface area contributed by atoms with E-state index in [0.29, 0.717) is 11.8 Å². The molecule has 0 aromatic carbocycles. The Morgan fingerprint density at radius 1 is 1.35 bits per heavy atom. The molecule has 0 aliphatic carbocycles. The first-order valence-electron chi connectivity index (χ1n) is 7.53. The zero-order chi connectivity index (χ0) is 15.5. The third-order valence-corrected chi connectivity index (χ3v) is 4.24. The molecule has 1 aliphatic rings. The molecule has 0 amide bonds. The van der Waals surface area contributed by atoms with E-state index in [1.807, 2.05) is 6.08 Å². The van der Waals surface area contributed by atoms with Gasteiger partial charge in [-0.05, 0) is 38.4 Å². The molecule has 3 heteroatoms. The number of hydrogen-bond acceptors (Lipinski definition) is 3. The van der Waals surface area contributed by atoms with Crippen LogP contribution in [0.25, 0.3) is 0 Å². The number of ether oxygens (including phenoxy) is 2. The van der Waals surface area contributed by atoms with Gasteiger partial charge in [-0.2, -0.15) is 0 Å². The molecular weight excluding hydrogens is 250 g/mol. The minimum atomic E-state index is -0.301. The lowest BCUT2D eigenvalue weighted by Crippen LogP contribution is -2.58. The normalized spacial score (nSPS) is 34.0. The zero-order valence-electron chi connectivity index (χ0n) is 14.1. The van der Waals surface area contributed by atoms with Crippen molar-refractivity contribution in [3.63, 3.8) is 0 Å². The monoisotopic (exact) mass is 281 g/mol. The molecule has 20 heavy (non-hydrogen) atoms. The second-order valence-electron chi connectivity index (χ2n) is 6.76. The first kappa shape index (κ1) is 17.5. The number of hydrogen-bond donors (Lipinski definition) is 0. The fourth-order valence-electron chi connectivity index (χ4n) is 3.47. The molecule has 0 unspecified atom stereocenters. The summed E-state index contributed by atoms with van der Waals surface area (Å²) >= 11 is 0. The Labute approximate surface area is 124 Å². The molecule has 1 fully saturated rings. The highest BCUT2D eigenvalue weighted by Gasteiger charge is 2.57. The lowest BCUT2D eigenvalue weighted by atomic mass is 9.79. The summed E-state index contributed by atoms with van der Waals surface area (Å²) in [7, 11) is 5.94. The second kappa shape index (κ2) is 6.91. The van der Waals surface area contributed by atoms with E-state index in [-0.39, 0.29) is 23.9 Å². The number of likely N-dealkylation sites (N-methyl/N-ethyl adjacent to an activating group) is 1. The van der Waals surface area contributed by atoms with Crippen LogP contribution < -0.4 is 0 Å². The van der Waals surface area contributed by atoms with Crippen LogP contribution in [-0.2, 0) is 9.47 Å². The largest absolute Gasteiger partial charge is 0.376 e. The maximum absolute atomic E-state index is 6.40. The van der Waals surface area contributed by atoms with E-state index < -0.39 is 0 Å². The summed E-state index contributed by atoms with van der Waals surface area (Å²) in [4.78, 5) is 2.20. The Kier molecular flexibility index (Phi) is 6.03. The Morgan fingerprint density at radius 2 is 1.95 bits per heavy atom. The van der Waals surface area contributed by atoms with Gasteiger partial charge in [0.2, 0.25) is 0 Å². The SMILES string of the molecule is C=C=C[C@@]1(N(C)C)[C@H](OC)[C@@H](CC(C)C)O[C@H]1C(C)C. The third kappa shape index (κ3) is 3.01. The van der Waals surface area contributed by atoms with Gasteiger partial charge in [0.05, 0.1) is 12.2 Å². The van der Waals surface area contributed by atoms with E-state index in [2.05, 4.69) is 59.0 Å². The van der Waals surface area contributed by atoms with Crippen molar-refractivity contribution in [2.75, 3.05) is 21.2 Å². The standard InChI is InChI=1S/C17H31NO2/c1-9-10-17(18(6)7)15(13(4)5)20-14(11-12(2)3)16(17)19-8/h10,12-16H,1,11H2,2-8H3/t14-,15+,16-,17+/m1/s1. The zero-order valence-corrected chi connectivity index (χ0v) is 14.1. The van der Waals surface area contributed by atoms with Crippen molar-refractivity contribution in [1.82, 2.24) is 4.90 Å². The second-order valence-corrected chi connectivity index (χ2v) is 6.76. The Bertz CT molecular complexity index is 358. The van der Waals surface area contributed by atoms with E-state index in [4.69, 9.17) is 9.47 Å². The van der Waals surface area contributed by atoms with E-state index in [1.54, 1.807) is 7.11 Å². The lowest BCUT2D eigenvalue weighted by Gasteiger charge is -2.42. The molecule has 4 atom stereocenters. The molecule has 116 valence electrons. The van der Waals surface area contributed by atoms with Crippen molar-refractivity contribution in [3.8, 4) is 0 Å². The molecule has 0 saturated carbocycles. The molecule has 0 aromatic heterocycles. The lowest BCUT2D eigenvalue weighted by molar-refractivity contribution is -0.0266. The number of nitrogens with zero attached hydrogens (tertiary/aromatic N) is 1. The molecule has 0 spiro atoms. The molecule has 0 N–H and O–H groups in total. The predicted molar refractivity (Wildman–Crippen MR) is 83.9 cm³/mol. The minimum absolute atomic E-state index is 0.00144.